The molecular weight excluding hydrogens is 326 g/mol. The van der Waals surface area contributed by atoms with E-state index in [2.05, 4.69) is 31.5 Å². The van der Waals surface area contributed by atoms with Gasteiger partial charge in [0.1, 0.15) is 5.82 Å². The number of rotatable bonds is 5. The Labute approximate surface area is 150 Å². The molecule has 4 rings (SSSR count). The molecule has 3 N–H and O–H groups in total. The van der Waals surface area contributed by atoms with E-state index in [9.17, 15) is 4.79 Å². The number of aromatic amines is 2. The molecule has 6 heteroatoms. The van der Waals surface area contributed by atoms with Crippen molar-refractivity contribution >= 4 is 22.5 Å². The monoisotopic (exact) mass is 345 g/mol. The summed E-state index contributed by atoms with van der Waals surface area (Å²) in [5, 5.41) is 11.1. The number of nitrogens with zero attached hydrogens (tertiary/aromatic N) is 2. The predicted octanol–water partition coefficient (Wildman–Crippen LogP) is 3.83. The van der Waals surface area contributed by atoms with Gasteiger partial charge in [0, 0.05) is 34.8 Å². The summed E-state index contributed by atoms with van der Waals surface area (Å²) in [5.41, 5.74) is 3.86. The number of aryl methyl sites for hydroxylation is 2. The van der Waals surface area contributed by atoms with Gasteiger partial charge in [0.15, 0.2) is 5.82 Å². The molecular formula is C20H19N5O. The van der Waals surface area contributed by atoms with Gasteiger partial charge in [-0.15, -0.1) is 0 Å². The first-order valence-corrected chi connectivity index (χ1v) is 8.53. The molecule has 0 unspecified atom stereocenters. The predicted molar refractivity (Wildman–Crippen MR) is 102 cm³/mol. The maximum Gasteiger partial charge on any atom is 0.224 e. The molecule has 6 nitrogen and oxygen atoms in total. The van der Waals surface area contributed by atoms with Gasteiger partial charge < -0.3 is 10.3 Å². The summed E-state index contributed by atoms with van der Waals surface area (Å²) < 4.78 is 0. The lowest BCUT2D eigenvalue weighted by atomic mass is 10.1. The minimum Gasteiger partial charge on any atom is -0.361 e. The fourth-order valence-corrected chi connectivity index (χ4v) is 3.02. The van der Waals surface area contributed by atoms with E-state index in [1.165, 1.54) is 5.39 Å². The molecule has 0 fully saturated rings. The summed E-state index contributed by atoms with van der Waals surface area (Å²) in [6.07, 6.45) is 3.09. The van der Waals surface area contributed by atoms with Crippen LogP contribution in [0.25, 0.3) is 22.3 Å². The molecule has 26 heavy (non-hydrogen) atoms. The van der Waals surface area contributed by atoms with Crippen LogP contribution >= 0.6 is 0 Å². The smallest absolute Gasteiger partial charge is 0.224 e. The molecule has 0 atom stereocenters. The summed E-state index contributed by atoms with van der Waals surface area (Å²) >= 11 is 0. The van der Waals surface area contributed by atoms with Crippen molar-refractivity contribution < 1.29 is 4.79 Å². The summed E-state index contributed by atoms with van der Waals surface area (Å²) in [4.78, 5) is 19.9. The molecule has 0 saturated heterocycles. The zero-order chi connectivity index (χ0) is 17.9. The van der Waals surface area contributed by atoms with E-state index in [1.54, 1.807) is 0 Å². The fraction of sp³-hybridized carbons (Fsp3) is 0.150. The number of nitrogens with one attached hydrogen (secondary N) is 3. The Balaban J connectivity index is 1.42. The Kier molecular flexibility index (Phi) is 4.23. The largest absolute Gasteiger partial charge is 0.361 e. The zero-order valence-corrected chi connectivity index (χ0v) is 14.4. The van der Waals surface area contributed by atoms with Gasteiger partial charge >= 0.3 is 0 Å². The molecule has 0 bridgehead atoms. The van der Waals surface area contributed by atoms with E-state index in [0.29, 0.717) is 18.7 Å². The van der Waals surface area contributed by atoms with Crippen molar-refractivity contribution in [1.82, 2.24) is 20.2 Å². The molecule has 0 radical (unpaired) electrons. The second-order valence-corrected chi connectivity index (χ2v) is 6.23. The third-order valence-electron chi connectivity index (χ3n) is 4.30. The third kappa shape index (κ3) is 3.35. The number of fused-ring (bicyclic) bond motifs is 1. The van der Waals surface area contributed by atoms with Crippen LogP contribution in [-0.4, -0.2) is 26.1 Å². The highest BCUT2D eigenvalue weighted by Gasteiger charge is 2.09. The highest BCUT2D eigenvalue weighted by atomic mass is 16.1. The lowest BCUT2D eigenvalue weighted by Crippen LogP contribution is -2.12. The number of carbonyl (C=O) groups is 1. The second kappa shape index (κ2) is 6.84. The van der Waals surface area contributed by atoms with Gasteiger partial charge in [0.05, 0.1) is 0 Å². The van der Waals surface area contributed by atoms with Gasteiger partial charge in [-0.25, -0.2) is 4.98 Å². The molecule has 0 aliphatic heterocycles. The Bertz CT molecular complexity index is 1060. The SMILES string of the molecule is Cc1nc(-c2cccc(NC(=O)CCc3c[nH]c4ccccc34)c2)n[nH]1. The van der Waals surface area contributed by atoms with Crippen molar-refractivity contribution in [2.75, 3.05) is 5.32 Å². The van der Waals surface area contributed by atoms with Gasteiger partial charge in [0.2, 0.25) is 5.91 Å². The lowest BCUT2D eigenvalue weighted by Gasteiger charge is -2.06. The van der Waals surface area contributed by atoms with Crippen LogP contribution < -0.4 is 5.32 Å². The van der Waals surface area contributed by atoms with Gasteiger partial charge in [-0.05, 0) is 37.1 Å². The van der Waals surface area contributed by atoms with Crippen LogP contribution in [0, 0.1) is 6.92 Å². The van der Waals surface area contributed by atoms with Crippen LogP contribution in [0.2, 0.25) is 0 Å². The number of hydrogen-bond acceptors (Lipinski definition) is 3. The van der Waals surface area contributed by atoms with Gasteiger partial charge in [-0.2, -0.15) is 5.10 Å². The van der Waals surface area contributed by atoms with Gasteiger partial charge in [-0.1, -0.05) is 30.3 Å². The minimum atomic E-state index is -0.0152. The Morgan fingerprint density at radius 3 is 2.88 bits per heavy atom. The van der Waals surface area contributed by atoms with Crippen molar-refractivity contribution in [3.05, 3.63) is 66.1 Å². The molecule has 2 heterocycles. The van der Waals surface area contributed by atoms with E-state index in [0.717, 1.165) is 28.2 Å². The number of aromatic nitrogens is 4. The third-order valence-corrected chi connectivity index (χ3v) is 4.30. The number of anilines is 1. The van der Waals surface area contributed by atoms with E-state index in [1.807, 2.05) is 55.6 Å². The normalized spacial score (nSPS) is 11.0. The maximum atomic E-state index is 12.3. The van der Waals surface area contributed by atoms with Crippen LogP contribution in [0.3, 0.4) is 0 Å². The molecule has 1 amide bonds. The average molecular weight is 345 g/mol. The van der Waals surface area contributed by atoms with Crippen molar-refractivity contribution in [3.63, 3.8) is 0 Å². The van der Waals surface area contributed by atoms with Crippen LogP contribution in [-0.2, 0) is 11.2 Å². The number of hydrogen-bond donors (Lipinski definition) is 3. The lowest BCUT2D eigenvalue weighted by molar-refractivity contribution is -0.116. The number of H-pyrrole nitrogens is 2. The fourth-order valence-electron chi connectivity index (χ4n) is 3.02. The zero-order valence-electron chi connectivity index (χ0n) is 14.4. The number of para-hydroxylation sites is 1. The van der Waals surface area contributed by atoms with Gasteiger partial charge in [0.25, 0.3) is 0 Å². The van der Waals surface area contributed by atoms with Crippen LogP contribution in [0.5, 0.6) is 0 Å². The summed E-state index contributed by atoms with van der Waals surface area (Å²) in [6, 6.07) is 15.7. The molecule has 0 aliphatic carbocycles. The van der Waals surface area contributed by atoms with Crippen molar-refractivity contribution in [1.29, 1.82) is 0 Å². The quantitative estimate of drug-likeness (QED) is 0.514. The van der Waals surface area contributed by atoms with Crippen LogP contribution in [0.1, 0.15) is 17.8 Å². The standard InChI is InChI=1S/C20H19N5O/c1-13-22-20(25-24-13)14-5-4-6-16(11-14)23-19(26)10-9-15-12-21-18-8-3-2-7-17(15)18/h2-8,11-12,21H,9-10H2,1H3,(H,23,26)(H,22,24,25). The van der Waals surface area contributed by atoms with E-state index >= 15 is 0 Å². The average Bonchev–Trinajstić information content (AvgIpc) is 3.26. The second-order valence-electron chi connectivity index (χ2n) is 6.23. The molecule has 2 aromatic heterocycles. The first-order chi connectivity index (χ1) is 12.7. The molecule has 0 spiro atoms. The topological polar surface area (TPSA) is 86.5 Å². The van der Waals surface area contributed by atoms with Crippen molar-refractivity contribution in [3.8, 4) is 11.4 Å². The summed E-state index contributed by atoms with van der Waals surface area (Å²) in [6.45, 7) is 1.85. The van der Waals surface area contributed by atoms with Crippen LogP contribution in [0.4, 0.5) is 5.69 Å². The highest BCUT2D eigenvalue weighted by Crippen LogP contribution is 2.21. The number of amides is 1. The molecule has 2 aromatic carbocycles. The van der Waals surface area contributed by atoms with E-state index < -0.39 is 0 Å². The van der Waals surface area contributed by atoms with E-state index in [-0.39, 0.29) is 5.91 Å². The maximum absolute atomic E-state index is 12.3. The minimum absolute atomic E-state index is 0.0152. The highest BCUT2D eigenvalue weighted by molar-refractivity contribution is 5.92. The van der Waals surface area contributed by atoms with Crippen LogP contribution in [0.15, 0.2) is 54.7 Å². The Hall–Kier alpha value is -3.41. The van der Waals surface area contributed by atoms with Crippen molar-refractivity contribution in [2.24, 2.45) is 0 Å². The molecule has 0 aliphatic rings. The number of benzene rings is 2. The van der Waals surface area contributed by atoms with E-state index in [4.69, 9.17) is 0 Å². The molecule has 130 valence electrons. The Morgan fingerprint density at radius 2 is 2.04 bits per heavy atom. The summed E-state index contributed by atoms with van der Waals surface area (Å²) in [7, 11) is 0. The first-order valence-electron chi connectivity index (χ1n) is 8.53. The summed E-state index contributed by atoms with van der Waals surface area (Å²) in [5.74, 6) is 1.36. The van der Waals surface area contributed by atoms with Gasteiger partial charge in [-0.3, -0.25) is 9.89 Å². The van der Waals surface area contributed by atoms with Crippen molar-refractivity contribution in [2.45, 2.75) is 19.8 Å². The first kappa shape index (κ1) is 16.1. The molecule has 4 aromatic rings. The Morgan fingerprint density at radius 1 is 1.15 bits per heavy atom. The number of carbonyl (C=O) groups excluding carboxylic acids is 1. The molecule has 0 saturated carbocycles.